The minimum atomic E-state index is -0.995. The lowest BCUT2D eigenvalue weighted by molar-refractivity contribution is -0.121. The number of hydrogen-bond donors (Lipinski definition) is 0. The van der Waals surface area contributed by atoms with Gasteiger partial charge in [-0.25, -0.2) is 9.69 Å². The van der Waals surface area contributed by atoms with Crippen molar-refractivity contribution in [2.24, 2.45) is 0 Å². The molecule has 1 aliphatic heterocycles. The second-order valence-corrected chi connectivity index (χ2v) is 8.35. The van der Waals surface area contributed by atoms with Gasteiger partial charge in [-0.3, -0.25) is 4.79 Å². The number of carbonyl (C=O) groups is 2. The first kappa shape index (κ1) is 19.9. The quantitative estimate of drug-likeness (QED) is 0.669. The highest BCUT2D eigenvalue weighted by atomic mass is 16.6. The highest BCUT2D eigenvalue weighted by Crippen LogP contribution is 2.50. The summed E-state index contributed by atoms with van der Waals surface area (Å²) in [6.07, 6.45) is 1.49. The molecule has 0 radical (unpaired) electrons. The molecular weight excluding hydrogens is 350 g/mol. The number of benzene rings is 2. The summed E-state index contributed by atoms with van der Waals surface area (Å²) in [5.41, 5.74) is 2.61. The van der Waals surface area contributed by atoms with Crippen LogP contribution in [0.1, 0.15) is 49.4 Å². The summed E-state index contributed by atoms with van der Waals surface area (Å²) >= 11 is 0. The third-order valence-electron chi connectivity index (χ3n) is 5.05. The average Bonchev–Trinajstić information content (AvgIpc) is 2.83. The molecule has 146 valence electrons. The Bertz CT molecular complexity index is 955. The monoisotopic (exact) mass is 377 g/mol. The van der Waals surface area contributed by atoms with Crippen LogP contribution in [-0.2, 0) is 14.9 Å². The van der Waals surface area contributed by atoms with Crippen LogP contribution in [0.4, 0.5) is 10.5 Å². The molecule has 1 atom stereocenters. The molecule has 0 N–H and O–H groups in total. The van der Waals surface area contributed by atoms with Gasteiger partial charge in [-0.1, -0.05) is 48.0 Å². The van der Waals surface area contributed by atoms with E-state index >= 15 is 0 Å². The van der Waals surface area contributed by atoms with Crippen molar-refractivity contribution in [3.05, 3.63) is 77.4 Å². The van der Waals surface area contributed by atoms with Gasteiger partial charge in [0.1, 0.15) is 11.0 Å². The van der Waals surface area contributed by atoms with Gasteiger partial charge >= 0.3 is 6.09 Å². The molecule has 2 aromatic carbocycles. The van der Waals surface area contributed by atoms with Crippen molar-refractivity contribution in [2.75, 3.05) is 4.90 Å². The molecule has 4 heteroatoms. The molecule has 3 rings (SSSR count). The van der Waals surface area contributed by atoms with Crippen molar-refractivity contribution in [3.63, 3.8) is 0 Å². The van der Waals surface area contributed by atoms with Crippen molar-refractivity contribution in [2.45, 2.75) is 52.1 Å². The molecule has 2 aromatic rings. The summed E-state index contributed by atoms with van der Waals surface area (Å²) in [6.45, 7) is 13.2. The maximum Gasteiger partial charge on any atom is 0.421 e. The topological polar surface area (TPSA) is 46.6 Å². The number of carbonyl (C=O) groups excluding carboxylic acids is 2. The molecule has 28 heavy (non-hydrogen) atoms. The number of fused-ring (bicyclic) bond motifs is 1. The average molecular weight is 377 g/mol. The molecular formula is C24H27NO3. The lowest BCUT2D eigenvalue weighted by Crippen LogP contribution is -2.46. The Kier molecular flexibility index (Phi) is 4.92. The van der Waals surface area contributed by atoms with Crippen molar-refractivity contribution < 1.29 is 14.3 Å². The van der Waals surface area contributed by atoms with Crippen LogP contribution in [0.5, 0.6) is 0 Å². The number of rotatable bonds is 3. The standard InChI is InChI=1S/C24H27NO3/c1-7-14-24(18-11-9-8-10-17(18)3)19-15-16(2)12-13-20(19)25(21(24)26)22(27)28-23(4,5)6/h7-13,15H,1,14H2,2-6H3. The predicted molar refractivity (Wildman–Crippen MR) is 112 cm³/mol. The zero-order chi connectivity index (χ0) is 20.7. The fraction of sp³-hybridized carbons (Fsp3) is 0.333. The summed E-state index contributed by atoms with van der Waals surface area (Å²) in [7, 11) is 0. The Hall–Kier alpha value is -2.88. The molecule has 0 saturated heterocycles. The van der Waals surface area contributed by atoms with E-state index in [2.05, 4.69) is 6.58 Å². The van der Waals surface area contributed by atoms with Crippen LogP contribution < -0.4 is 4.90 Å². The Labute approximate surface area is 166 Å². The number of ether oxygens (including phenoxy) is 1. The predicted octanol–water partition coefficient (Wildman–Crippen LogP) is 5.45. The van der Waals surface area contributed by atoms with Gasteiger partial charge < -0.3 is 4.74 Å². The van der Waals surface area contributed by atoms with E-state index in [1.165, 1.54) is 4.90 Å². The van der Waals surface area contributed by atoms with Gasteiger partial charge in [-0.05, 0) is 63.8 Å². The number of hydrogen-bond acceptors (Lipinski definition) is 3. The molecule has 1 unspecified atom stereocenters. The van der Waals surface area contributed by atoms with Gasteiger partial charge in [-0.15, -0.1) is 6.58 Å². The van der Waals surface area contributed by atoms with E-state index in [0.29, 0.717) is 12.1 Å². The SMILES string of the molecule is C=CCC1(c2ccccc2C)C(=O)N(C(=O)OC(C)(C)C)c2ccc(C)cc21. The summed E-state index contributed by atoms with van der Waals surface area (Å²) in [4.78, 5) is 28.0. The van der Waals surface area contributed by atoms with E-state index < -0.39 is 17.1 Å². The van der Waals surface area contributed by atoms with Crippen molar-refractivity contribution in [1.29, 1.82) is 0 Å². The van der Waals surface area contributed by atoms with E-state index in [1.54, 1.807) is 26.8 Å². The fourth-order valence-electron chi connectivity index (χ4n) is 3.93. The Morgan fingerprint density at radius 1 is 1.14 bits per heavy atom. The van der Waals surface area contributed by atoms with Crippen LogP contribution in [-0.4, -0.2) is 17.6 Å². The van der Waals surface area contributed by atoms with Crippen molar-refractivity contribution >= 4 is 17.7 Å². The fourth-order valence-corrected chi connectivity index (χ4v) is 3.93. The number of aryl methyl sites for hydroxylation is 2. The molecule has 0 bridgehead atoms. The Balaban J connectivity index is 2.29. The number of amides is 2. The van der Waals surface area contributed by atoms with Crippen molar-refractivity contribution in [3.8, 4) is 0 Å². The van der Waals surface area contributed by atoms with E-state index in [4.69, 9.17) is 4.74 Å². The number of anilines is 1. The Morgan fingerprint density at radius 3 is 2.43 bits per heavy atom. The Morgan fingerprint density at radius 2 is 1.82 bits per heavy atom. The van der Waals surface area contributed by atoms with E-state index in [-0.39, 0.29) is 5.91 Å². The first-order chi connectivity index (χ1) is 13.1. The molecule has 2 amide bonds. The summed E-state index contributed by atoms with van der Waals surface area (Å²) in [6, 6.07) is 13.5. The molecule has 0 aliphatic carbocycles. The van der Waals surface area contributed by atoms with Crippen LogP contribution in [0.15, 0.2) is 55.1 Å². The maximum absolute atomic E-state index is 13.8. The minimum absolute atomic E-state index is 0.295. The first-order valence-electron chi connectivity index (χ1n) is 9.47. The van der Waals surface area contributed by atoms with Gasteiger partial charge in [0.2, 0.25) is 0 Å². The summed E-state index contributed by atoms with van der Waals surface area (Å²) in [5, 5.41) is 0. The van der Waals surface area contributed by atoms with Crippen molar-refractivity contribution in [1.82, 2.24) is 0 Å². The van der Waals surface area contributed by atoms with Gasteiger partial charge in [0.15, 0.2) is 0 Å². The summed E-state index contributed by atoms with van der Waals surface area (Å²) < 4.78 is 5.56. The smallest absolute Gasteiger partial charge is 0.421 e. The number of allylic oxidation sites excluding steroid dienone is 1. The third kappa shape index (κ3) is 3.13. The van der Waals surface area contributed by atoms with Crippen LogP contribution in [0.25, 0.3) is 0 Å². The van der Waals surface area contributed by atoms with Crippen LogP contribution in [0, 0.1) is 13.8 Å². The lowest BCUT2D eigenvalue weighted by Gasteiger charge is -2.30. The molecule has 0 spiro atoms. The molecule has 4 nitrogen and oxygen atoms in total. The molecule has 0 aromatic heterocycles. The molecule has 1 aliphatic rings. The summed E-state index contributed by atoms with van der Waals surface area (Å²) in [5.74, 6) is -0.295. The van der Waals surface area contributed by atoms with Crippen LogP contribution in [0.2, 0.25) is 0 Å². The largest absolute Gasteiger partial charge is 0.443 e. The van der Waals surface area contributed by atoms with Gasteiger partial charge in [0, 0.05) is 0 Å². The van der Waals surface area contributed by atoms with Gasteiger partial charge in [-0.2, -0.15) is 0 Å². The van der Waals surface area contributed by atoms with E-state index in [9.17, 15) is 9.59 Å². The van der Waals surface area contributed by atoms with Gasteiger partial charge in [0.25, 0.3) is 5.91 Å². The molecule has 1 heterocycles. The minimum Gasteiger partial charge on any atom is -0.443 e. The maximum atomic E-state index is 13.8. The van der Waals surface area contributed by atoms with Crippen LogP contribution in [0.3, 0.4) is 0 Å². The van der Waals surface area contributed by atoms with Gasteiger partial charge in [0.05, 0.1) is 5.69 Å². The highest BCUT2D eigenvalue weighted by molar-refractivity contribution is 6.22. The zero-order valence-corrected chi connectivity index (χ0v) is 17.2. The second-order valence-electron chi connectivity index (χ2n) is 8.35. The van der Waals surface area contributed by atoms with Crippen LogP contribution >= 0.6 is 0 Å². The first-order valence-corrected chi connectivity index (χ1v) is 9.47. The number of imide groups is 1. The van der Waals surface area contributed by atoms with E-state index in [1.807, 2.05) is 56.3 Å². The highest BCUT2D eigenvalue weighted by Gasteiger charge is 2.54. The van der Waals surface area contributed by atoms with E-state index in [0.717, 1.165) is 22.3 Å². The molecule has 0 saturated carbocycles. The normalized spacial score (nSPS) is 18.8. The zero-order valence-electron chi connectivity index (χ0n) is 17.2. The number of nitrogens with zero attached hydrogens (tertiary/aromatic N) is 1. The molecule has 0 fully saturated rings. The third-order valence-corrected chi connectivity index (χ3v) is 5.05. The second kappa shape index (κ2) is 6.93. The lowest BCUT2D eigenvalue weighted by atomic mass is 9.71.